The Balaban J connectivity index is 1.25. The molecule has 0 unspecified atom stereocenters. The summed E-state index contributed by atoms with van der Waals surface area (Å²) >= 11 is 0. The lowest BCUT2D eigenvalue weighted by Crippen LogP contribution is -2.20. The zero-order chi connectivity index (χ0) is 18.9. The molecule has 5 rings (SSSR count). The molecular formula is C25H19NO2. The molecule has 0 spiro atoms. The molecule has 0 aliphatic heterocycles. The summed E-state index contributed by atoms with van der Waals surface area (Å²) in [4.78, 5) is 12.3. The number of fused-ring (bicyclic) bond motifs is 4. The van der Waals surface area contributed by atoms with Crippen molar-refractivity contribution in [2.45, 2.75) is 6.42 Å². The molecule has 1 aliphatic rings. The van der Waals surface area contributed by atoms with Crippen LogP contribution in [-0.4, -0.2) is 12.5 Å². The summed E-state index contributed by atoms with van der Waals surface area (Å²) in [5.41, 5.74) is 5.92. The molecule has 1 amide bonds. The van der Waals surface area contributed by atoms with E-state index in [4.69, 9.17) is 4.74 Å². The van der Waals surface area contributed by atoms with Gasteiger partial charge in [0.15, 0.2) is 6.61 Å². The minimum absolute atomic E-state index is 0.0182. The maximum atomic E-state index is 12.3. The number of hydrogen-bond donors (Lipinski definition) is 1. The van der Waals surface area contributed by atoms with Gasteiger partial charge in [0, 0.05) is 5.69 Å². The summed E-state index contributed by atoms with van der Waals surface area (Å²) in [6, 6.07) is 28.5. The van der Waals surface area contributed by atoms with Crippen molar-refractivity contribution in [3.8, 4) is 16.9 Å². The van der Waals surface area contributed by atoms with Crippen molar-refractivity contribution in [1.82, 2.24) is 0 Å². The van der Waals surface area contributed by atoms with Crippen LogP contribution in [0.25, 0.3) is 21.9 Å². The largest absolute Gasteiger partial charge is 0.484 e. The van der Waals surface area contributed by atoms with E-state index in [0.717, 1.165) is 22.9 Å². The molecule has 0 bridgehead atoms. The number of hydrogen-bond acceptors (Lipinski definition) is 2. The van der Waals surface area contributed by atoms with Gasteiger partial charge >= 0.3 is 0 Å². The number of carbonyl (C=O) groups excluding carboxylic acids is 1. The predicted molar refractivity (Wildman–Crippen MR) is 113 cm³/mol. The Morgan fingerprint density at radius 2 is 1.57 bits per heavy atom. The third kappa shape index (κ3) is 3.12. The van der Waals surface area contributed by atoms with E-state index in [2.05, 4.69) is 47.8 Å². The number of ether oxygens (including phenoxy) is 1. The zero-order valence-electron chi connectivity index (χ0n) is 15.3. The highest BCUT2D eigenvalue weighted by Crippen LogP contribution is 2.37. The van der Waals surface area contributed by atoms with Gasteiger partial charge in [0.05, 0.1) is 0 Å². The zero-order valence-corrected chi connectivity index (χ0v) is 15.3. The number of carbonyl (C=O) groups is 1. The van der Waals surface area contributed by atoms with Gasteiger partial charge in [-0.15, -0.1) is 0 Å². The minimum atomic E-state index is -0.163. The van der Waals surface area contributed by atoms with Crippen molar-refractivity contribution < 1.29 is 9.53 Å². The highest BCUT2D eigenvalue weighted by Gasteiger charge is 2.18. The minimum Gasteiger partial charge on any atom is -0.484 e. The van der Waals surface area contributed by atoms with Gasteiger partial charge in [0.25, 0.3) is 5.91 Å². The fourth-order valence-electron chi connectivity index (χ4n) is 3.83. The first kappa shape index (κ1) is 16.6. The lowest BCUT2D eigenvalue weighted by Gasteiger charge is -2.10. The molecule has 1 N–H and O–H groups in total. The molecule has 0 fully saturated rings. The summed E-state index contributed by atoms with van der Waals surface area (Å²) in [5.74, 6) is 0.530. The van der Waals surface area contributed by atoms with Gasteiger partial charge in [-0.1, -0.05) is 60.7 Å². The maximum Gasteiger partial charge on any atom is 0.262 e. The molecule has 136 valence electrons. The monoisotopic (exact) mass is 365 g/mol. The second-order valence-corrected chi connectivity index (χ2v) is 7.05. The van der Waals surface area contributed by atoms with Crippen LogP contribution in [0.2, 0.25) is 0 Å². The van der Waals surface area contributed by atoms with E-state index in [1.807, 2.05) is 42.5 Å². The second-order valence-electron chi connectivity index (χ2n) is 7.05. The highest BCUT2D eigenvalue weighted by molar-refractivity contribution is 5.93. The van der Waals surface area contributed by atoms with Crippen molar-refractivity contribution in [3.05, 3.63) is 96.1 Å². The van der Waals surface area contributed by atoms with E-state index in [0.29, 0.717) is 5.75 Å². The smallest absolute Gasteiger partial charge is 0.262 e. The molecule has 4 aromatic rings. The van der Waals surface area contributed by atoms with Crippen molar-refractivity contribution in [3.63, 3.8) is 0 Å². The fraction of sp³-hybridized carbons (Fsp3) is 0.0800. The van der Waals surface area contributed by atoms with E-state index < -0.39 is 0 Å². The van der Waals surface area contributed by atoms with Crippen LogP contribution < -0.4 is 10.1 Å². The Morgan fingerprint density at radius 3 is 2.50 bits per heavy atom. The van der Waals surface area contributed by atoms with Gasteiger partial charge in [0.1, 0.15) is 5.75 Å². The van der Waals surface area contributed by atoms with E-state index in [9.17, 15) is 4.79 Å². The van der Waals surface area contributed by atoms with Crippen LogP contribution in [0.1, 0.15) is 11.1 Å². The SMILES string of the molecule is O=C(COc1ccc2ccccc2c1)Nc1ccc2c(c1)Cc1ccccc1-2. The standard InChI is InChI=1S/C25H19NO2/c27-25(16-28-22-11-9-17-5-1-2-6-18(17)15-22)26-21-10-12-24-20(14-21)13-19-7-3-4-8-23(19)24/h1-12,14-15H,13,16H2,(H,26,27). The maximum absolute atomic E-state index is 12.3. The molecule has 4 aromatic carbocycles. The molecule has 0 aromatic heterocycles. The number of anilines is 1. The van der Waals surface area contributed by atoms with Gasteiger partial charge in [-0.25, -0.2) is 0 Å². The molecule has 28 heavy (non-hydrogen) atoms. The Labute approximate surface area is 163 Å². The average molecular weight is 365 g/mol. The quantitative estimate of drug-likeness (QED) is 0.461. The summed E-state index contributed by atoms with van der Waals surface area (Å²) in [6.07, 6.45) is 0.906. The van der Waals surface area contributed by atoms with Gasteiger partial charge in [-0.3, -0.25) is 4.79 Å². The van der Waals surface area contributed by atoms with E-state index in [-0.39, 0.29) is 12.5 Å². The van der Waals surface area contributed by atoms with Crippen molar-refractivity contribution in [2.24, 2.45) is 0 Å². The Kier molecular flexibility index (Phi) is 4.06. The predicted octanol–water partition coefficient (Wildman–Crippen LogP) is 5.43. The molecule has 1 aliphatic carbocycles. The number of rotatable bonds is 4. The molecule has 3 nitrogen and oxygen atoms in total. The molecule has 0 atom stereocenters. The first-order chi connectivity index (χ1) is 13.8. The lowest BCUT2D eigenvalue weighted by atomic mass is 10.1. The van der Waals surface area contributed by atoms with Gasteiger partial charge < -0.3 is 10.1 Å². The Bertz CT molecular complexity index is 1200. The van der Waals surface area contributed by atoms with E-state index in [1.54, 1.807) is 0 Å². The fourth-order valence-corrected chi connectivity index (χ4v) is 3.83. The summed E-state index contributed by atoms with van der Waals surface area (Å²) in [6.45, 7) is -0.0182. The molecular weight excluding hydrogens is 346 g/mol. The summed E-state index contributed by atoms with van der Waals surface area (Å²) < 4.78 is 5.68. The van der Waals surface area contributed by atoms with E-state index in [1.165, 1.54) is 22.3 Å². The lowest BCUT2D eigenvalue weighted by molar-refractivity contribution is -0.118. The van der Waals surface area contributed by atoms with Gasteiger partial charge in [-0.05, 0) is 63.7 Å². The molecule has 3 heteroatoms. The van der Waals surface area contributed by atoms with Crippen LogP contribution in [0.15, 0.2) is 84.9 Å². The second kappa shape index (κ2) is 6.86. The molecule has 0 radical (unpaired) electrons. The van der Waals surface area contributed by atoms with Crippen molar-refractivity contribution in [2.75, 3.05) is 11.9 Å². The van der Waals surface area contributed by atoms with Gasteiger partial charge in [0.2, 0.25) is 0 Å². The van der Waals surface area contributed by atoms with Crippen molar-refractivity contribution >= 4 is 22.4 Å². The number of amides is 1. The summed E-state index contributed by atoms with van der Waals surface area (Å²) in [7, 11) is 0. The van der Waals surface area contributed by atoms with Gasteiger partial charge in [-0.2, -0.15) is 0 Å². The number of nitrogens with one attached hydrogen (secondary N) is 1. The third-order valence-electron chi connectivity index (χ3n) is 5.17. The molecule has 0 heterocycles. The van der Waals surface area contributed by atoms with Crippen LogP contribution >= 0.6 is 0 Å². The first-order valence-electron chi connectivity index (χ1n) is 9.39. The number of benzene rings is 4. The van der Waals surface area contributed by atoms with Crippen molar-refractivity contribution in [1.29, 1.82) is 0 Å². The average Bonchev–Trinajstić information content (AvgIpc) is 3.10. The Morgan fingerprint density at radius 1 is 0.786 bits per heavy atom. The molecule has 0 saturated heterocycles. The topological polar surface area (TPSA) is 38.3 Å². The highest BCUT2D eigenvalue weighted by atomic mass is 16.5. The van der Waals surface area contributed by atoms with Crippen LogP contribution in [0.4, 0.5) is 5.69 Å². The van der Waals surface area contributed by atoms with E-state index >= 15 is 0 Å². The summed E-state index contributed by atoms with van der Waals surface area (Å²) in [5, 5.41) is 5.19. The van der Waals surface area contributed by atoms with Crippen LogP contribution in [0.5, 0.6) is 5.75 Å². The van der Waals surface area contributed by atoms with Crippen LogP contribution in [0.3, 0.4) is 0 Å². The first-order valence-corrected chi connectivity index (χ1v) is 9.39. The van der Waals surface area contributed by atoms with Crippen LogP contribution in [-0.2, 0) is 11.2 Å². The van der Waals surface area contributed by atoms with Crippen LogP contribution in [0, 0.1) is 0 Å². The third-order valence-corrected chi connectivity index (χ3v) is 5.17. The Hall–Kier alpha value is -3.59. The molecule has 0 saturated carbocycles. The normalized spacial score (nSPS) is 11.7.